The summed E-state index contributed by atoms with van der Waals surface area (Å²) in [6, 6.07) is 13.2. The predicted molar refractivity (Wildman–Crippen MR) is 97.7 cm³/mol. The predicted octanol–water partition coefficient (Wildman–Crippen LogP) is 2.50. The standard InChI is InChI=1S/C20H22N4O2/c1-2-26-18-5-3-16(4-6-18)19(15-21)23-11-13-24(14-12-23)20(25)17-7-9-22-10-8-17/h3-10,19H,2,11-14H2,1H3. The number of carbonyl (C=O) groups excluding carboxylic acids is 1. The number of benzene rings is 1. The molecule has 0 bridgehead atoms. The molecule has 1 aromatic carbocycles. The van der Waals surface area contributed by atoms with Gasteiger partial charge in [0.05, 0.1) is 12.7 Å². The highest BCUT2D eigenvalue weighted by Gasteiger charge is 2.27. The molecule has 0 saturated carbocycles. The number of nitrogens with zero attached hydrogens (tertiary/aromatic N) is 4. The first-order valence-corrected chi connectivity index (χ1v) is 8.78. The Morgan fingerprint density at radius 3 is 2.38 bits per heavy atom. The number of hydrogen-bond acceptors (Lipinski definition) is 5. The Bertz CT molecular complexity index is 763. The number of aromatic nitrogens is 1. The van der Waals surface area contributed by atoms with Crippen LogP contribution in [0.1, 0.15) is 28.9 Å². The summed E-state index contributed by atoms with van der Waals surface area (Å²) in [5.74, 6) is 0.822. The minimum Gasteiger partial charge on any atom is -0.494 e. The number of nitriles is 1. The van der Waals surface area contributed by atoms with Gasteiger partial charge in [0, 0.05) is 44.1 Å². The number of piperazine rings is 1. The van der Waals surface area contributed by atoms with Crippen molar-refractivity contribution in [3.8, 4) is 11.8 Å². The zero-order valence-electron chi connectivity index (χ0n) is 14.8. The molecular weight excluding hydrogens is 328 g/mol. The molecule has 0 radical (unpaired) electrons. The van der Waals surface area contributed by atoms with Crippen molar-refractivity contribution in [3.63, 3.8) is 0 Å². The highest BCUT2D eigenvalue weighted by molar-refractivity contribution is 5.94. The van der Waals surface area contributed by atoms with Crippen molar-refractivity contribution in [3.05, 3.63) is 59.9 Å². The number of hydrogen-bond donors (Lipinski definition) is 0. The molecule has 0 aliphatic carbocycles. The summed E-state index contributed by atoms with van der Waals surface area (Å²) in [6.45, 7) is 5.12. The molecular formula is C20H22N4O2. The van der Waals surface area contributed by atoms with Gasteiger partial charge in [-0.1, -0.05) is 12.1 Å². The van der Waals surface area contributed by atoms with Crippen molar-refractivity contribution in [2.75, 3.05) is 32.8 Å². The van der Waals surface area contributed by atoms with Gasteiger partial charge in [-0.05, 0) is 36.8 Å². The van der Waals surface area contributed by atoms with E-state index in [-0.39, 0.29) is 11.9 Å². The van der Waals surface area contributed by atoms with Crippen LogP contribution >= 0.6 is 0 Å². The Hall–Kier alpha value is -2.91. The van der Waals surface area contributed by atoms with Crippen LogP contribution in [0.25, 0.3) is 0 Å². The summed E-state index contributed by atoms with van der Waals surface area (Å²) in [6.07, 6.45) is 3.25. The van der Waals surface area contributed by atoms with Crippen LogP contribution in [0, 0.1) is 11.3 Å². The fourth-order valence-corrected chi connectivity index (χ4v) is 3.14. The van der Waals surface area contributed by atoms with Gasteiger partial charge >= 0.3 is 0 Å². The number of rotatable bonds is 5. The normalized spacial score (nSPS) is 15.9. The molecule has 1 fully saturated rings. The lowest BCUT2D eigenvalue weighted by atomic mass is 10.1. The maximum Gasteiger partial charge on any atom is 0.254 e. The first-order valence-electron chi connectivity index (χ1n) is 8.78. The van der Waals surface area contributed by atoms with Gasteiger partial charge in [0.1, 0.15) is 11.8 Å². The fourth-order valence-electron chi connectivity index (χ4n) is 3.14. The first kappa shape index (κ1) is 17.9. The van der Waals surface area contributed by atoms with Crippen molar-refractivity contribution in [1.82, 2.24) is 14.8 Å². The van der Waals surface area contributed by atoms with Crippen LogP contribution in [0.2, 0.25) is 0 Å². The van der Waals surface area contributed by atoms with Crippen LogP contribution in [-0.2, 0) is 0 Å². The average molecular weight is 350 g/mol. The molecule has 1 aromatic heterocycles. The number of ether oxygens (including phenoxy) is 1. The lowest BCUT2D eigenvalue weighted by Gasteiger charge is -2.37. The number of amides is 1. The van der Waals surface area contributed by atoms with Crippen molar-refractivity contribution < 1.29 is 9.53 Å². The Balaban J connectivity index is 1.62. The maximum atomic E-state index is 12.5. The lowest BCUT2D eigenvalue weighted by Crippen LogP contribution is -2.49. The molecule has 1 aliphatic heterocycles. The molecule has 2 aromatic rings. The van der Waals surface area contributed by atoms with Gasteiger partial charge in [-0.2, -0.15) is 5.26 Å². The third-order valence-corrected chi connectivity index (χ3v) is 4.52. The van der Waals surface area contributed by atoms with E-state index in [1.165, 1.54) is 0 Å². The van der Waals surface area contributed by atoms with E-state index in [0.29, 0.717) is 38.3 Å². The topological polar surface area (TPSA) is 69.5 Å². The number of pyridine rings is 1. The highest BCUT2D eigenvalue weighted by atomic mass is 16.5. The van der Waals surface area contributed by atoms with E-state index in [4.69, 9.17) is 4.74 Å². The van der Waals surface area contributed by atoms with Gasteiger partial charge in [-0.15, -0.1) is 0 Å². The second-order valence-corrected chi connectivity index (χ2v) is 6.10. The molecule has 6 heteroatoms. The molecule has 0 N–H and O–H groups in total. The summed E-state index contributed by atoms with van der Waals surface area (Å²) in [5.41, 5.74) is 1.60. The second-order valence-electron chi connectivity index (χ2n) is 6.10. The van der Waals surface area contributed by atoms with Crippen molar-refractivity contribution in [1.29, 1.82) is 5.26 Å². The quantitative estimate of drug-likeness (QED) is 0.829. The minimum atomic E-state index is -0.316. The first-order chi connectivity index (χ1) is 12.7. The SMILES string of the molecule is CCOc1ccc(C(C#N)N2CCN(C(=O)c3ccncc3)CC2)cc1. The molecule has 1 unspecified atom stereocenters. The Kier molecular flexibility index (Phi) is 5.82. The van der Waals surface area contributed by atoms with Gasteiger partial charge in [0.15, 0.2) is 0 Å². The van der Waals surface area contributed by atoms with Gasteiger partial charge in [0.25, 0.3) is 5.91 Å². The molecule has 1 atom stereocenters. The number of carbonyl (C=O) groups is 1. The zero-order chi connectivity index (χ0) is 18.4. The van der Waals surface area contributed by atoms with Gasteiger partial charge in [-0.3, -0.25) is 14.7 Å². The van der Waals surface area contributed by atoms with Gasteiger partial charge in [0.2, 0.25) is 0 Å². The molecule has 134 valence electrons. The Labute approximate surface area is 153 Å². The Morgan fingerprint density at radius 1 is 1.15 bits per heavy atom. The summed E-state index contributed by atoms with van der Waals surface area (Å²) < 4.78 is 5.46. The van der Waals surface area contributed by atoms with Crippen molar-refractivity contribution in [2.45, 2.75) is 13.0 Å². The monoisotopic (exact) mass is 350 g/mol. The summed E-state index contributed by atoms with van der Waals surface area (Å²) in [5, 5.41) is 9.65. The van der Waals surface area contributed by atoms with Crippen LogP contribution in [0.5, 0.6) is 5.75 Å². The second kappa shape index (κ2) is 8.45. The van der Waals surface area contributed by atoms with E-state index >= 15 is 0 Å². The highest BCUT2D eigenvalue weighted by Crippen LogP contribution is 2.24. The van der Waals surface area contributed by atoms with Crippen molar-refractivity contribution in [2.24, 2.45) is 0 Å². The summed E-state index contributed by atoms with van der Waals surface area (Å²) in [7, 11) is 0. The third-order valence-electron chi connectivity index (χ3n) is 4.52. The van der Waals surface area contributed by atoms with Crippen LogP contribution in [0.3, 0.4) is 0 Å². The van der Waals surface area contributed by atoms with Crippen LogP contribution < -0.4 is 4.74 Å². The Morgan fingerprint density at radius 2 is 1.81 bits per heavy atom. The smallest absolute Gasteiger partial charge is 0.254 e. The third kappa shape index (κ3) is 4.01. The molecule has 2 heterocycles. The van der Waals surface area contributed by atoms with Crippen LogP contribution in [0.4, 0.5) is 0 Å². The maximum absolute atomic E-state index is 12.5. The van der Waals surface area contributed by atoms with Crippen LogP contribution in [-0.4, -0.2) is 53.5 Å². The molecule has 3 rings (SSSR count). The fraction of sp³-hybridized carbons (Fsp3) is 0.350. The van der Waals surface area contributed by atoms with E-state index in [1.807, 2.05) is 36.1 Å². The molecule has 1 amide bonds. The van der Waals surface area contributed by atoms with Crippen molar-refractivity contribution >= 4 is 5.91 Å². The average Bonchev–Trinajstić information content (AvgIpc) is 2.71. The van der Waals surface area contributed by atoms with E-state index in [0.717, 1.165) is 11.3 Å². The summed E-state index contributed by atoms with van der Waals surface area (Å²) in [4.78, 5) is 20.4. The zero-order valence-corrected chi connectivity index (χ0v) is 14.8. The van der Waals surface area contributed by atoms with E-state index in [9.17, 15) is 10.1 Å². The molecule has 1 aliphatic rings. The molecule has 0 spiro atoms. The van der Waals surface area contributed by atoms with E-state index < -0.39 is 0 Å². The van der Waals surface area contributed by atoms with E-state index in [2.05, 4.69) is 16.0 Å². The molecule has 1 saturated heterocycles. The van der Waals surface area contributed by atoms with Crippen LogP contribution in [0.15, 0.2) is 48.8 Å². The summed E-state index contributed by atoms with van der Waals surface area (Å²) >= 11 is 0. The largest absolute Gasteiger partial charge is 0.494 e. The van der Waals surface area contributed by atoms with E-state index in [1.54, 1.807) is 24.5 Å². The minimum absolute atomic E-state index is 0.0154. The molecule has 26 heavy (non-hydrogen) atoms. The molecule has 6 nitrogen and oxygen atoms in total. The van der Waals surface area contributed by atoms with Gasteiger partial charge < -0.3 is 9.64 Å². The van der Waals surface area contributed by atoms with Gasteiger partial charge in [-0.25, -0.2) is 0 Å². The lowest BCUT2D eigenvalue weighted by molar-refractivity contribution is 0.0606.